The van der Waals surface area contributed by atoms with Crippen molar-refractivity contribution in [2.24, 2.45) is 0 Å². The highest BCUT2D eigenvalue weighted by Gasteiger charge is 2.35. The first kappa shape index (κ1) is 17.4. The van der Waals surface area contributed by atoms with Gasteiger partial charge in [0.05, 0.1) is 28.9 Å². The lowest BCUT2D eigenvalue weighted by Crippen LogP contribution is -2.36. The van der Waals surface area contributed by atoms with Crippen molar-refractivity contribution in [3.63, 3.8) is 0 Å². The molecule has 1 aliphatic carbocycles. The molecular formula is C15H20ClF3N2O. The number of hydrogen-bond donors (Lipinski definition) is 3. The molecule has 124 valence electrons. The lowest BCUT2D eigenvalue weighted by atomic mass is 9.93. The molecular weight excluding hydrogens is 317 g/mol. The fourth-order valence-electron chi connectivity index (χ4n) is 2.88. The van der Waals surface area contributed by atoms with E-state index in [9.17, 15) is 18.3 Å². The maximum absolute atomic E-state index is 13.0. The Morgan fingerprint density at radius 2 is 1.91 bits per heavy atom. The maximum Gasteiger partial charge on any atom is 0.418 e. The largest absolute Gasteiger partial charge is 0.418 e. The van der Waals surface area contributed by atoms with Gasteiger partial charge in [-0.15, -0.1) is 0 Å². The molecule has 22 heavy (non-hydrogen) atoms. The molecule has 0 spiro atoms. The van der Waals surface area contributed by atoms with Gasteiger partial charge in [-0.2, -0.15) is 13.2 Å². The summed E-state index contributed by atoms with van der Waals surface area (Å²) in [6, 6.07) is 1.99. The van der Waals surface area contributed by atoms with Crippen molar-refractivity contribution < 1.29 is 18.3 Å². The highest BCUT2D eigenvalue weighted by molar-refractivity contribution is 6.33. The van der Waals surface area contributed by atoms with Gasteiger partial charge in [-0.3, -0.25) is 0 Å². The van der Waals surface area contributed by atoms with Gasteiger partial charge in [0.2, 0.25) is 0 Å². The van der Waals surface area contributed by atoms with Gasteiger partial charge in [0, 0.05) is 6.04 Å². The summed E-state index contributed by atoms with van der Waals surface area (Å²) in [5.41, 5.74) is 4.30. The molecule has 1 saturated carbocycles. The standard InChI is InChI=1S/C15H20ClF3N2O/c16-12-7-9(6-11(14(12)20)15(17,18)19)13(8-22)21-10-4-2-1-3-5-10/h6-7,10,13,21-22H,1-5,8,20H2. The lowest BCUT2D eigenvalue weighted by molar-refractivity contribution is -0.137. The summed E-state index contributed by atoms with van der Waals surface area (Å²) < 4.78 is 39.0. The molecule has 0 aromatic heterocycles. The van der Waals surface area contributed by atoms with Crippen molar-refractivity contribution in [3.8, 4) is 0 Å². The Kier molecular flexibility index (Phi) is 5.58. The van der Waals surface area contributed by atoms with E-state index in [0.717, 1.165) is 31.7 Å². The van der Waals surface area contributed by atoms with Crippen LogP contribution >= 0.6 is 11.6 Å². The van der Waals surface area contributed by atoms with Crippen molar-refractivity contribution in [1.29, 1.82) is 0 Å². The molecule has 2 rings (SSSR count). The smallest absolute Gasteiger partial charge is 0.397 e. The van der Waals surface area contributed by atoms with E-state index in [1.54, 1.807) is 0 Å². The van der Waals surface area contributed by atoms with Crippen LogP contribution in [0.5, 0.6) is 0 Å². The number of anilines is 1. The Hall–Kier alpha value is -0.980. The third kappa shape index (κ3) is 4.06. The number of hydrogen-bond acceptors (Lipinski definition) is 3. The van der Waals surface area contributed by atoms with E-state index in [0.29, 0.717) is 5.56 Å². The molecule has 0 amide bonds. The number of nitrogens with one attached hydrogen (secondary N) is 1. The molecule has 1 atom stereocenters. The maximum atomic E-state index is 13.0. The topological polar surface area (TPSA) is 58.3 Å². The first-order chi connectivity index (χ1) is 10.3. The third-order valence-electron chi connectivity index (χ3n) is 4.08. The minimum atomic E-state index is -4.57. The van der Waals surface area contributed by atoms with Crippen molar-refractivity contribution in [2.45, 2.75) is 50.4 Å². The van der Waals surface area contributed by atoms with Crippen molar-refractivity contribution in [2.75, 3.05) is 12.3 Å². The predicted octanol–water partition coefficient (Wildman–Crippen LogP) is 3.90. The van der Waals surface area contributed by atoms with Crippen LogP contribution < -0.4 is 11.1 Å². The molecule has 1 unspecified atom stereocenters. The molecule has 0 radical (unpaired) electrons. The van der Waals surface area contributed by atoms with Gasteiger partial charge in [-0.25, -0.2) is 0 Å². The van der Waals surface area contributed by atoms with E-state index in [1.807, 2.05) is 0 Å². The van der Waals surface area contributed by atoms with Crippen molar-refractivity contribution in [3.05, 3.63) is 28.3 Å². The zero-order chi connectivity index (χ0) is 16.3. The van der Waals surface area contributed by atoms with Gasteiger partial charge in [-0.1, -0.05) is 30.9 Å². The van der Waals surface area contributed by atoms with Gasteiger partial charge in [0.1, 0.15) is 0 Å². The number of rotatable bonds is 4. The van der Waals surface area contributed by atoms with Gasteiger partial charge in [0.25, 0.3) is 0 Å². The molecule has 0 saturated heterocycles. The highest BCUT2D eigenvalue weighted by atomic mass is 35.5. The second-order valence-electron chi connectivity index (χ2n) is 5.70. The fraction of sp³-hybridized carbons (Fsp3) is 0.600. The third-order valence-corrected chi connectivity index (χ3v) is 4.40. The molecule has 1 aromatic carbocycles. The van der Waals surface area contributed by atoms with Crippen LogP contribution in [-0.4, -0.2) is 17.8 Å². The minimum Gasteiger partial charge on any atom is -0.397 e. The number of aliphatic hydroxyl groups is 1. The summed E-state index contributed by atoms with van der Waals surface area (Å²) in [4.78, 5) is 0. The number of aliphatic hydroxyl groups excluding tert-OH is 1. The van der Waals surface area contributed by atoms with E-state index in [-0.39, 0.29) is 17.7 Å². The Bertz CT molecular complexity index is 516. The van der Waals surface area contributed by atoms with Crippen LogP contribution in [0.3, 0.4) is 0 Å². The Labute approximate surface area is 132 Å². The summed E-state index contributed by atoms with van der Waals surface area (Å²) in [6.07, 6.45) is 0.706. The highest BCUT2D eigenvalue weighted by Crippen LogP contribution is 2.39. The van der Waals surface area contributed by atoms with E-state index >= 15 is 0 Å². The fourth-order valence-corrected chi connectivity index (χ4v) is 3.11. The Morgan fingerprint density at radius 3 is 2.45 bits per heavy atom. The Morgan fingerprint density at radius 1 is 1.27 bits per heavy atom. The van der Waals surface area contributed by atoms with Gasteiger partial charge in [-0.05, 0) is 30.5 Å². The average Bonchev–Trinajstić information content (AvgIpc) is 2.47. The number of nitrogen functional groups attached to an aromatic ring is 1. The SMILES string of the molecule is Nc1c(Cl)cc(C(CO)NC2CCCCC2)cc1C(F)(F)F. The molecule has 0 heterocycles. The van der Waals surface area contributed by atoms with Crippen LogP contribution in [0.2, 0.25) is 5.02 Å². The molecule has 1 fully saturated rings. The van der Waals surface area contributed by atoms with Crippen LogP contribution in [-0.2, 0) is 6.18 Å². The first-order valence-electron chi connectivity index (χ1n) is 7.36. The van der Waals surface area contributed by atoms with E-state index in [1.165, 1.54) is 12.5 Å². The number of nitrogens with two attached hydrogens (primary N) is 1. The summed E-state index contributed by atoms with van der Waals surface area (Å²) >= 11 is 5.83. The predicted molar refractivity (Wildman–Crippen MR) is 80.7 cm³/mol. The monoisotopic (exact) mass is 336 g/mol. The van der Waals surface area contributed by atoms with Gasteiger partial charge in [0.15, 0.2) is 0 Å². The van der Waals surface area contributed by atoms with Crippen molar-refractivity contribution in [1.82, 2.24) is 5.32 Å². The quantitative estimate of drug-likeness (QED) is 0.731. The molecule has 0 aliphatic heterocycles. The second kappa shape index (κ2) is 7.06. The van der Waals surface area contributed by atoms with E-state index in [2.05, 4.69) is 5.32 Å². The van der Waals surface area contributed by atoms with Crippen LogP contribution in [0.25, 0.3) is 0 Å². The Balaban J connectivity index is 2.26. The van der Waals surface area contributed by atoms with Crippen LogP contribution in [0.1, 0.15) is 49.3 Å². The van der Waals surface area contributed by atoms with E-state index < -0.39 is 23.5 Å². The first-order valence-corrected chi connectivity index (χ1v) is 7.73. The van der Waals surface area contributed by atoms with Crippen LogP contribution in [0.4, 0.5) is 18.9 Å². The summed E-state index contributed by atoms with van der Waals surface area (Å²) in [6.45, 7) is -0.298. The van der Waals surface area contributed by atoms with Crippen LogP contribution in [0, 0.1) is 0 Å². The number of halogens is 4. The van der Waals surface area contributed by atoms with Gasteiger partial charge < -0.3 is 16.2 Å². The summed E-state index contributed by atoms with van der Waals surface area (Å²) in [5, 5.41) is 12.6. The molecule has 1 aromatic rings. The lowest BCUT2D eigenvalue weighted by Gasteiger charge is -2.28. The molecule has 4 N–H and O–H groups in total. The second-order valence-corrected chi connectivity index (χ2v) is 6.11. The molecule has 7 heteroatoms. The normalized spacial score (nSPS) is 18.4. The van der Waals surface area contributed by atoms with Gasteiger partial charge >= 0.3 is 6.18 Å². The minimum absolute atomic E-state index is 0.145. The zero-order valence-corrected chi connectivity index (χ0v) is 12.8. The zero-order valence-electron chi connectivity index (χ0n) is 12.1. The van der Waals surface area contributed by atoms with E-state index in [4.69, 9.17) is 17.3 Å². The van der Waals surface area contributed by atoms with Crippen molar-refractivity contribution >= 4 is 17.3 Å². The molecule has 0 bridgehead atoms. The average molecular weight is 337 g/mol. The van der Waals surface area contributed by atoms with Crippen LogP contribution in [0.15, 0.2) is 12.1 Å². The summed E-state index contributed by atoms with van der Waals surface area (Å²) in [5.74, 6) is 0. The molecule has 1 aliphatic rings. The summed E-state index contributed by atoms with van der Waals surface area (Å²) in [7, 11) is 0. The number of alkyl halides is 3. The molecule has 3 nitrogen and oxygen atoms in total. The number of benzene rings is 1.